The van der Waals surface area contributed by atoms with Crippen molar-refractivity contribution < 1.29 is 32.6 Å². The van der Waals surface area contributed by atoms with E-state index in [-0.39, 0.29) is 36.1 Å². The van der Waals surface area contributed by atoms with E-state index in [4.69, 9.17) is 26.1 Å². The van der Waals surface area contributed by atoms with Gasteiger partial charge < -0.3 is 21.3 Å². The fourth-order valence-corrected chi connectivity index (χ4v) is 3.46. The number of nitrogens with two attached hydrogens (primary N) is 2. The van der Waals surface area contributed by atoms with Crippen LogP contribution in [0, 0.1) is 0 Å². The fraction of sp³-hybridized carbons (Fsp3) is 0.526. The molecule has 5 N–H and O–H groups in total. The van der Waals surface area contributed by atoms with Gasteiger partial charge >= 0.3 is 6.18 Å². The van der Waals surface area contributed by atoms with E-state index in [1.165, 1.54) is 19.4 Å². The number of hydrogen-bond acceptors (Lipinski definition) is 7. The van der Waals surface area contributed by atoms with Crippen LogP contribution in [0.5, 0.6) is 0 Å². The summed E-state index contributed by atoms with van der Waals surface area (Å²) in [7, 11) is 1.54. The number of pyridine rings is 1. The Labute approximate surface area is 181 Å². The second-order valence-corrected chi connectivity index (χ2v) is 7.28. The Kier molecular flexibility index (Phi) is 8.27. The van der Waals surface area contributed by atoms with Gasteiger partial charge in [0.2, 0.25) is 5.91 Å². The van der Waals surface area contributed by atoms with Crippen molar-refractivity contribution in [2.24, 2.45) is 11.5 Å². The minimum atomic E-state index is -4.62. The maximum atomic E-state index is 13.5. The van der Waals surface area contributed by atoms with Crippen LogP contribution in [-0.4, -0.2) is 56.0 Å². The lowest BCUT2D eigenvalue weighted by Gasteiger charge is -2.32. The molecule has 13 heteroatoms. The summed E-state index contributed by atoms with van der Waals surface area (Å²) >= 11 is 0. The Hall–Kier alpha value is -3.06. The highest BCUT2D eigenvalue weighted by Crippen LogP contribution is 2.36. The number of carboxylic acids is 1. The smallest absolute Gasteiger partial charge is 0.420 e. The van der Waals surface area contributed by atoms with Gasteiger partial charge in [-0.25, -0.2) is 9.97 Å². The Balaban J connectivity index is 0.000000837. The molecule has 1 saturated carbocycles. The molecule has 3 rings (SSSR count). The first-order chi connectivity index (χ1) is 14.9. The number of carboxylic acid groups (broad SMARTS) is 1. The first kappa shape index (κ1) is 25.2. The van der Waals surface area contributed by atoms with E-state index in [9.17, 15) is 18.0 Å². The molecule has 2 aromatic rings. The van der Waals surface area contributed by atoms with Crippen LogP contribution < -0.4 is 11.5 Å². The predicted octanol–water partition coefficient (Wildman–Crippen LogP) is 1.41. The highest BCUT2D eigenvalue weighted by Gasteiger charge is 2.38. The molecule has 0 unspecified atom stereocenters. The van der Waals surface area contributed by atoms with Crippen molar-refractivity contribution in [3.8, 4) is 5.82 Å². The first-order valence-electron chi connectivity index (χ1n) is 9.68. The molecule has 0 aromatic carbocycles. The van der Waals surface area contributed by atoms with Crippen molar-refractivity contribution in [3.05, 3.63) is 35.5 Å². The number of aromatic nitrogens is 4. The lowest BCUT2D eigenvalue weighted by Crippen LogP contribution is -2.41. The number of amides is 1. The zero-order valence-electron chi connectivity index (χ0n) is 17.5. The van der Waals surface area contributed by atoms with Gasteiger partial charge in [-0.2, -0.15) is 17.9 Å². The summed E-state index contributed by atoms with van der Waals surface area (Å²) in [6.07, 6.45) is -2.22. The van der Waals surface area contributed by atoms with Crippen LogP contribution in [-0.2, 0) is 26.9 Å². The lowest BCUT2D eigenvalue weighted by atomic mass is 9.83. The van der Waals surface area contributed by atoms with E-state index in [0.29, 0.717) is 19.3 Å². The topological polar surface area (TPSA) is 159 Å². The quantitative estimate of drug-likeness (QED) is 0.606. The van der Waals surface area contributed by atoms with Gasteiger partial charge in [-0.15, -0.1) is 5.10 Å². The van der Waals surface area contributed by atoms with E-state index < -0.39 is 29.4 Å². The number of carbonyl (C=O) groups excluding carboxylic acids is 1. The SMILES string of the molecule is CC(=O)O.CO[C@H]1C[C@@H](c2nc(CC(N)=O)nn2-c2ncccc2C(F)(F)F)CC[C@@H]1N. The van der Waals surface area contributed by atoms with E-state index in [1.54, 1.807) is 0 Å². The summed E-state index contributed by atoms with van der Waals surface area (Å²) in [5, 5.41) is 11.5. The molecule has 2 heterocycles. The molecule has 1 aliphatic rings. The van der Waals surface area contributed by atoms with Gasteiger partial charge in [0.1, 0.15) is 11.4 Å². The summed E-state index contributed by atoms with van der Waals surface area (Å²) in [6, 6.07) is 1.97. The highest BCUT2D eigenvalue weighted by atomic mass is 19.4. The van der Waals surface area contributed by atoms with Crippen LogP contribution in [0.1, 0.15) is 49.3 Å². The Morgan fingerprint density at radius 2 is 2.00 bits per heavy atom. The van der Waals surface area contributed by atoms with Crippen molar-refractivity contribution in [1.29, 1.82) is 0 Å². The summed E-state index contributed by atoms with van der Waals surface area (Å²) in [6.45, 7) is 1.08. The molecule has 0 saturated heterocycles. The number of carbonyl (C=O) groups is 2. The third-order valence-electron chi connectivity index (χ3n) is 4.81. The fourth-order valence-electron chi connectivity index (χ4n) is 3.46. The van der Waals surface area contributed by atoms with Gasteiger partial charge in [0.15, 0.2) is 11.6 Å². The third kappa shape index (κ3) is 6.47. The molecule has 0 radical (unpaired) electrons. The van der Waals surface area contributed by atoms with Gasteiger partial charge in [0, 0.05) is 32.2 Å². The largest absolute Gasteiger partial charge is 0.481 e. The predicted molar refractivity (Wildman–Crippen MR) is 106 cm³/mol. The third-order valence-corrected chi connectivity index (χ3v) is 4.81. The number of methoxy groups -OCH3 is 1. The van der Waals surface area contributed by atoms with E-state index in [0.717, 1.165) is 17.7 Å². The van der Waals surface area contributed by atoms with Crippen molar-refractivity contribution >= 4 is 11.9 Å². The van der Waals surface area contributed by atoms with E-state index in [1.807, 2.05) is 0 Å². The van der Waals surface area contributed by atoms with Crippen molar-refractivity contribution in [3.63, 3.8) is 0 Å². The summed E-state index contributed by atoms with van der Waals surface area (Å²) in [4.78, 5) is 28.5. The molecule has 0 bridgehead atoms. The minimum Gasteiger partial charge on any atom is -0.481 e. The highest BCUT2D eigenvalue weighted by molar-refractivity contribution is 5.75. The van der Waals surface area contributed by atoms with Crippen LogP contribution in [0.15, 0.2) is 18.3 Å². The van der Waals surface area contributed by atoms with Crippen LogP contribution in [0.2, 0.25) is 0 Å². The number of rotatable bonds is 5. The molecule has 1 fully saturated rings. The Bertz CT molecular complexity index is 945. The summed E-state index contributed by atoms with van der Waals surface area (Å²) in [5.41, 5.74) is 10.3. The summed E-state index contributed by atoms with van der Waals surface area (Å²) < 4.78 is 46.9. The molecule has 0 aliphatic heterocycles. The zero-order valence-corrected chi connectivity index (χ0v) is 17.5. The molecular formula is C19H25F3N6O4. The molecule has 176 valence electrons. The maximum absolute atomic E-state index is 13.5. The van der Waals surface area contributed by atoms with Gasteiger partial charge in [-0.05, 0) is 31.4 Å². The van der Waals surface area contributed by atoms with Crippen LogP contribution >= 0.6 is 0 Å². The van der Waals surface area contributed by atoms with E-state index in [2.05, 4.69) is 15.1 Å². The number of halogens is 3. The summed E-state index contributed by atoms with van der Waals surface area (Å²) in [5.74, 6) is -1.82. The van der Waals surface area contributed by atoms with Gasteiger partial charge in [-0.1, -0.05) is 0 Å². The average Bonchev–Trinajstić information content (AvgIpc) is 3.10. The van der Waals surface area contributed by atoms with Crippen LogP contribution in [0.4, 0.5) is 13.2 Å². The molecule has 1 amide bonds. The molecule has 10 nitrogen and oxygen atoms in total. The van der Waals surface area contributed by atoms with Crippen LogP contribution in [0.25, 0.3) is 5.82 Å². The second kappa shape index (κ2) is 10.5. The monoisotopic (exact) mass is 458 g/mol. The molecular weight excluding hydrogens is 433 g/mol. The van der Waals surface area contributed by atoms with Gasteiger partial charge in [0.25, 0.3) is 5.97 Å². The second-order valence-electron chi connectivity index (χ2n) is 7.28. The minimum absolute atomic E-state index is 0.0464. The molecule has 2 aromatic heterocycles. The lowest BCUT2D eigenvalue weighted by molar-refractivity contribution is -0.138. The van der Waals surface area contributed by atoms with Crippen LogP contribution in [0.3, 0.4) is 0 Å². The van der Waals surface area contributed by atoms with Gasteiger partial charge in [-0.3, -0.25) is 9.59 Å². The number of nitrogens with zero attached hydrogens (tertiary/aromatic N) is 4. The number of ether oxygens (including phenoxy) is 1. The number of primary amides is 1. The molecule has 1 aliphatic carbocycles. The van der Waals surface area contributed by atoms with E-state index >= 15 is 0 Å². The number of alkyl halides is 3. The molecule has 0 spiro atoms. The van der Waals surface area contributed by atoms with Crippen molar-refractivity contribution in [2.45, 2.75) is 56.8 Å². The van der Waals surface area contributed by atoms with Crippen molar-refractivity contribution in [2.75, 3.05) is 7.11 Å². The zero-order chi connectivity index (χ0) is 24.1. The Morgan fingerprint density at radius 3 is 2.56 bits per heavy atom. The molecule has 3 atom stereocenters. The average molecular weight is 458 g/mol. The van der Waals surface area contributed by atoms with Crippen molar-refractivity contribution in [1.82, 2.24) is 19.7 Å². The first-order valence-corrected chi connectivity index (χ1v) is 9.68. The number of hydrogen-bond donors (Lipinski definition) is 3. The number of aliphatic carboxylic acids is 1. The van der Waals surface area contributed by atoms with Gasteiger partial charge in [0.05, 0.1) is 12.5 Å². The normalized spacial score (nSPS) is 20.9. The Morgan fingerprint density at radius 1 is 1.34 bits per heavy atom. The maximum Gasteiger partial charge on any atom is 0.420 e. The standard InChI is InChI=1S/C17H21F3N6O2.C2H4O2/c1-28-12-7-9(4-5-11(12)21)15-24-14(8-13(22)27)25-26(15)16-10(17(18,19)20)3-2-6-23-16;1-2(3)4/h2-3,6,9,11-12H,4-5,7-8,21H2,1H3,(H2,22,27);1H3,(H,3,4)/t9-,11-,12-;/m0./s1. The molecule has 32 heavy (non-hydrogen) atoms.